The van der Waals surface area contributed by atoms with E-state index in [0.29, 0.717) is 11.5 Å². The molecular weight excluding hydrogens is 993 g/mol. The molecule has 3 aliphatic heterocycles. The van der Waals surface area contributed by atoms with E-state index in [1.807, 2.05) is 0 Å². The van der Waals surface area contributed by atoms with Gasteiger partial charge in [0.15, 0.2) is 0 Å². The first-order chi connectivity index (χ1) is 37.9. The van der Waals surface area contributed by atoms with E-state index in [1.165, 1.54) is 16.7 Å². The van der Waals surface area contributed by atoms with Gasteiger partial charge in [0, 0.05) is 66.4 Å². The van der Waals surface area contributed by atoms with Gasteiger partial charge in [0.25, 0.3) is 0 Å². The third kappa shape index (κ3) is 9.97. The van der Waals surface area contributed by atoms with Gasteiger partial charge in [0.2, 0.25) is 0 Å². The third-order valence-corrected chi connectivity index (χ3v) is 16.8. The quantitative estimate of drug-likeness (QED) is 0.159. The van der Waals surface area contributed by atoms with Gasteiger partial charge in [-0.1, -0.05) is 203 Å². The van der Waals surface area contributed by atoms with E-state index >= 15 is 0 Å². The fraction of sp³-hybridized carbons (Fsp3) is 0.311. The van der Waals surface area contributed by atoms with E-state index in [9.17, 15) is 9.90 Å². The summed E-state index contributed by atoms with van der Waals surface area (Å²) >= 11 is 0. The molecule has 3 aliphatic rings. The fourth-order valence-corrected chi connectivity index (χ4v) is 11.7. The van der Waals surface area contributed by atoms with Gasteiger partial charge in [-0.15, -0.1) is 0 Å². The molecular formula is C74H78N4O3. The minimum atomic E-state index is -1.03. The van der Waals surface area contributed by atoms with Crippen LogP contribution in [0.4, 0.5) is 0 Å². The molecule has 81 heavy (non-hydrogen) atoms. The van der Waals surface area contributed by atoms with Crippen molar-refractivity contribution in [2.45, 2.75) is 150 Å². The summed E-state index contributed by atoms with van der Waals surface area (Å²) in [5, 5.41) is 11.0. The van der Waals surface area contributed by atoms with Gasteiger partial charge >= 0.3 is 5.97 Å². The van der Waals surface area contributed by atoms with Crippen LogP contribution in [0.5, 0.6) is 11.5 Å². The second-order valence-corrected chi connectivity index (χ2v) is 28.3. The summed E-state index contributed by atoms with van der Waals surface area (Å²) in [5.74, 6) is -0.0636. The van der Waals surface area contributed by atoms with Crippen LogP contribution in [0.1, 0.15) is 190 Å². The van der Waals surface area contributed by atoms with Crippen molar-refractivity contribution in [2.75, 3.05) is 0 Å². The topological polar surface area (TPSA) is 104 Å². The number of fused-ring (bicyclic) bond motifs is 10. The molecule has 6 heterocycles. The molecule has 11 rings (SSSR count). The van der Waals surface area contributed by atoms with Gasteiger partial charge in [-0.05, 0) is 132 Å². The molecule has 0 unspecified atom stereocenters. The van der Waals surface area contributed by atoms with Gasteiger partial charge in [-0.3, -0.25) is 0 Å². The molecule has 0 aliphatic carbocycles. The SMILES string of the molecule is CC(C)(C)c1ccc(-c2c3nc(c(-c4ccc(C(C)(C)C)cc4)c4ccc([nH]4)c(-c4cc(C(C)(C)C)cc5c4Oc4c(C(=O)O)cc(C(C)(C)C)cc4C5(C)C)c4nc(c(-c5ccc(C(C)(C)C)cc5)c5ccc2[nH]5)C=C4)C=C3)cc1. The van der Waals surface area contributed by atoms with Gasteiger partial charge in [-0.25, -0.2) is 14.8 Å². The van der Waals surface area contributed by atoms with Crippen LogP contribution in [0.25, 0.3) is 90.9 Å². The summed E-state index contributed by atoms with van der Waals surface area (Å²) in [7, 11) is 0. The summed E-state index contributed by atoms with van der Waals surface area (Å²) in [5.41, 5.74) is 20.8. The second kappa shape index (κ2) is 19.0. The van der Waals surface area contributed by atoms with Crippen LogP contribution >= 0.6 is 0 Å². The summed E-state index contributed by atoms with van der Waals surface area (Å²) < 4.78 is 7.26. The molecule has 7 nitrogen and oxygen atoms in total. The molecule has 3 aromatic heterocycles. The Hall–Kier alpha value is -8.03. The smallest absolute Gasteiger partial charge is 0.339 e. The lowest BCUT2D eigenvalue weighted by molar-refractivity contribution is 0.0693. The van der Waals surface area contributed by atoms with Crippen LogP contribution in [-0.4, -0.2) is 31.0 Å². The van der Waals surface area contributed by atoms with Crippen LogP contribution in [0.2, 0.25) is 0 Å². The number of aromatic amines is 2. The maximum absolute atomic E-state index is 13.5. The van der Waals surface area contributed by atoms with Crippen molar-refractivity contribution < 1.29 is 14.6 Å². The van der Waals surface area contributed by atoms with Crippen LogP contribution < -0.4 is 4.74 Å². The minimum Gasteiger partial charge on any atom is -0.478 e. The number of benzene rings is 5. The number of ether oxygens (including phenoxy) is 1. The maximum Gasteiger partial charge on any atom is 0.339 e. The first-order valence-electron chi connectivity index (χ1n) is 28.6. The highest BCUT2D eigenvalue weighted by Crippen LogP contribution is 2.55. The molecule has 3 N–H and O–H groups in total. The summed E-state index contributed by atoms with van der Waals surface area (Å²) in [4.78, 5) is 32.8. The summed E-state index contributed by atoms with van der Waals surface area (Å²) in [6.07, 6.45) is 8.57. The van der Waals surface area contributed by atoms with E-state index in [0.717, 1.165) is 112 Å². The van der Waals surface area contributed by atoms with E-state index in [-0.39, 0.29) is 32.6 Å². The molecule has 5 aromatic carbocycles. The van der Waals surface area contributed by atoms with Crippen molar-refractivity contribution in [3.05, 3.63) is 189 Å². The number of rotatable bonds is 5. The number of hydrogen-bond acceptors (Lipinski definition) is 4. The van der Waals surface area contributed by atoms with E-state index in [4.69, 9.17) is 14.7 Å². The van der Waals surface area contributed by atoms with Crippen molar-refractivity contribution in [3.8, 4) is 56.0 Å². The molecule has 0 saturated heterocycles. The lowest BCUT2D eigenvalue weighted by atomic mass is 9.70. The van der Waals surface area contributed by atoms with E-state index in [1.54, 1.807) is 6.07 Å². The van der Waals surface area contributed by atoms with E-state index in [2.05, 4.69) is 267 Å². The number of aromatic nitrogens is 4. The van der Waals surface area contributed by atoms with Gasteiger partial charge < -0.3 is 19.8 Å². The van der Waals surface area contributed by atoms with Crippen molar-refractivity contribution in [1.29, 1.82) is 0 Å². The van der Waals surface area contributed by atoms with Crippen LogP contribution in [0.15, 0.2) is 121 Å². The Balaban J connectivity index is 1.30. The Labute approximate surface area is 479 Å². The number of carboxylic acids is 1. The Morgan fingerprint density at radius 2 is 0.716 bits per heavy atom. The average Bonchev–Trinajstić information content (AvgIpc) is 2.61. The molecule has 0 saturated carbocycles. The predicted molar refractivity (Wildman–Crippen MR) is 340 cm³/mol. The minimum absolute atomic E-state index is 0.0183. The third-order valence-electron chi connectivity index (χ3n) is 16.8. The van der Waals surface area contributed by atoms with Crippen molar-refractivity contribution in [3.63, 3.8) is 0 Å². The fourth-order valence-electron chi connectivity index (χ4n) is 11.7. The van der Waals surface area contributed by atoms with E-state index < -0.39 is 11.4 Å². The summed E-state index contributed by atoms with van der Waals surface area (Å²) in [6.45, 7) is 37.7. The molecule has 0 radical (unpaired) electrons. The largest absolute Gasteiger partial charge is 0.478 e. The molecule has 0 amide bonds. The molecule has 8 bridgehead atoms. The van der Waals surface area contributed by atoms with Gasteiger partial charge in [-0.2, -0.15) is 0 Å². The van der Waals surface area contributed by atoms with Gasteiger partial charge in [0.05, 0.1) is 22.8 Å². The standard InChI is InChI=1S/C74H78N4O3/c1-69(2,3)45-24-18-42(19-25-45)62-54-30-32-56(75-54)63(43-20-26-46(27-21-43)70(4,5)6)58-34-36-60(77-58)65(61-37-35-59(78-61)64(57-33-31-55(62)76-57)44-22-28-47(29-23-44)71(7,8)9)50-38-48(72(10,11)12)40-52-66(50)81-67-51(68(79)80)39-49(73(13,14)15)41-53(67)74(52,16)17/h18-41,75,78H,1-17H3,(H,79,80). The zero-order valence-electron chi connectivity index (χ0n) is 50.5. The first-order valence-corrected chi connectivity index (χ1v) is 28.6. The van der Waals surface area contributed by atoms with Crippen LogP contribution in [-0.2, 0) is 32.5 Å². The van der Waals surface area contributed by atoms with Crippen molar-refractivity contribution >= 4 is 52.3 Å². The number of carbonyl (C=O) groups is 1. The summed E-state index contributed by atoms with van der Waals surface area (Å²) in [6, 6.07) is 43.9. The number of aromatic carboxylic acids is 1. The van der Waals surface area contributed by atoms with Crippen LogP contribution in [0, 0.1) is 0 Å². The van der Waals surface area contributed by atoms with Crippen LogP contribution in [0.3, 0.4) is 0 Å². The Bertz CT molecular complexity index is 4050. The number of H-pyrrole nitrogens is 2. The molecule has 0 fully saturated rings. The molecule has 8 aromatic rings. The molecule has 412 valence electrons. The average molecular weight is 1070 g/mol. The Morgan fingerprint density at radius 3 is 1.05 bits per heavy atom. The maximum atomic E-state index is 13.5. The number of hydrogen-bond donors (Lipinski definition) is 3. The zero-order valence-corrected chi connectivity index (χ0v) is 50.5. The molecule has 0 atom stereocenters. The van der Waals surface area contributed by atoms with Crippen molar-refractivity contribution in [2.24, 2.45) is 0 Å². The highest BCUT2D eigenvalue weighted by molar-refractivity contribution is 6.01. The van der Waals surface area contributed by atoms with Gasteiger partial charge in [0.1, 0.15) is 17.1 Å². The molecule has 0 spiro atoms. The predicted octanol–water partition coefficient (Wildman–Crippen LogP) is 19.9. The first kappa shape index (κ1) is 54.9. The number of nitrogens with zero attached hydrogens (tertiary/aromatic N) is 2. The molecule has 7 heteroatoms. The number of carboxylic acid groups (broad SMARTS) is 1. The Morgan fingerprint density at radius 1 is 0.407 bits per heavy atom. The lowest BCUT2D eigenvalue weighted by Crippen LogP contribution is -2.28. The monoisotopic (exact) mass is 1070 g/mol. The van der Waals surface area contributed by atoms with Crippen molar-refractivity contribution in [1.82, 2.24) is 19.9 Å². The highest BCUT2D eigenvalue weighted by atomic mass is 16.5. The Kier molecular flexibility index (Phi) is 12.9. The lowest BCUT2D eigenvalue weighted by Gasteiger charge is -2.38. The highest BCUT2D eigenvalue weighted by Gasteiger charge is 2.41. The number of nitrogens with one attached hydrogen (secondary N) is 2. The zero-order chi connectivity index (χ0) is 58.1. The normalized spacial score (nSPS) is 14.2. The second-order valence-electron chi connectivity index (χ2n) is 28.3.